The molecule has 0 atom stereocenters. The number of benzene rings is 3. The average molecular weight is 385 g/mol. The summed E-state index contributed by atoms with van der Waals surface area (Å²) >= 11 is 6.13. The summed E-state index contributed by atoms with van der Waals surface area (Å²) in [6.07, 6.45) is 5.21. The van der Waals surface area contributed by atoms with Crippen LogP contribution in [0.4, 0.5) is 0 Å². The molecule has 0 saturated heterocycles. The van der Waals surface area contributed by atoms with Crippen LogP contribution in [0.3, 0.4) is 0 Å². The largest absolute Gasteiger partial charge is 0.321 e. The van der Waals surface area contributed by atoms with Crippen molar-refractivity contribution in [3.8, 4) is 22.3 Å². The normalized spacial score (nSPS) is 15.4. The van der Waals surface area contributed by atoms with Gasteiger partial charge >= 0.3 is 0 Å². The molecular formula is C25H21ClN2. The predicted octanol–water partition coefficient (Wildman–Crippen LogP) is 6.56. The minimum absolute atomic E-state index is 0.134. The van der Waals surface area contributed by atoms with Crippen LogP contribution in [-0.4, -0.2) is 4.98 Å². The third-order valence-corrected chi connectivity index (χ3v) is 6.13. The van der Waals surface area contributed by atoms with E-state index in [-0.39, 0.29) is 5.54 Å². The predicted molar refractivity (Wildman–Crippen MR) is 117 cm³/mol. The van der Waals surface area contributed by atoms with Gasteiger partial charge in [-0.2, -0.15) is 0 Å². The summed E-state index contributed by atoms with van der Waals surface area (Å²) in [7, 11) is 0. The van der Waals surface area contributed by atoms with Crippen LogP contribution in [0, 0.1) is 0 Å². The van der Waals surface area contributed by atoms with E-state index in [4.69, 9.17) is 17.3 Å². The minimum atomic E-state index is -0.134. The van der Waals surface area contributed by atoms with Gasteiger partial charge in [0.15, 0.2) is 0 Å². The molecule has 1 aliphatic carbocycles. The number of nitrogens with two attached hydrogens (primary N) is 1. The SMILES string of the molecule is NC1(c2ccc(-c3cc4cnc(Cl)cc4cc3-c3ccccc3)cc2)CCC1. The van der Waals surface area contributed by atoms with Crippen molar-refractivity contribution in [3.63, 3.8) is 0 Å². The molecule has 2 nitrogen and oxygen atoms in total. The maximum absolute atomic E-state index is 6.50. The smallest absolute Gasteiger partial charge is 0.129 e. The van der Waals surface area contributed by atoms with Crippen molar-refractivity contribution >= 4 is 22.4 Å². The second kappa shape index (κ2) is 6.73. The summed E-state index contributed by atoms with van der Waals surface area (Å²) in [6, 6.07) is 25.6. The molecule has 3 heteroatoms. The molecule has 0 amide bonds. The van der Waals surface area contributed by atoms with Crippen molar-refractivity contribution < 1.29 is 0 Å². The van der Waals surface area contributed by atoms with Crippen molar-refractivity contribution in [2.45, 2.75) is 24.8 Å². The summed E-state index contributed by atoms with van der Waals surface area (Å²) in [4.78, 5) is 4.26. The van der Waals surface area contributed by atoms with Gasteiger partial charge in [0, 0.05) is 17.1 Å². The van der Waals surface area contributed by atoms with E-state index in [1.165, 1.54) is 34.2 Å². The number of hydrogen-bond donors (Lipinski definition) is 1. The van der Waals surface area contributed by atoms with Crippen LogP contribution in [-0.2, 0) is 5.54 Å². The van der Waals surface area contributed by atoms with Gasteiger partial charge in [0.2, 0.25) is 0 Å². The van der Waals surface area contributed by atoms with E-state index in [0.717, 1.165) is 23.6 Å². The van der Waals surface area contributed by atoms with Crippen molar-refractivity contribution in [1.82, 2.24) is 4.98 Å². The number of rotatable bonds is 3. The molecule has 2 N–H and O–H groups in total. The monoisotopic (exact) mass is 384 g/mol. The molecule has 28 heavy (non-hydrogen) atoms. The van der Waals surface area contributed by atoms with Gasteiger partial charge in [0.1, 0.15) is 5.15 Å². The van der Waals surface area contributed by atoms with E-state index in [1.54, 1.807) is 0 Å². The number of aromatic nitrogens is 1. The van der Waals surface area contributed by atoms with Gasteiger partial charge < -0.3 is 5.73 Å². The minimum Gasteiger partial charge on any atom is -0.321 e. The van der Waals surface area contributed by atoms with Crippen LogP contribution in [0.15, 0.2) is 79.0 Å². The van der Waals surface area contributed by atoms with Gasteiger partial charge in [-0.1, -0.05) is 66.2 Å². The first-order valence-electron chi connectivity index (χ1n) is 9.67. The van der Waals surface area contributed by atoms with E-state index in [2.05, 4.69) is 65.6 Å². The number of nitrogens with zero attached hydrogens (tertiary/aromatic N) is 1. The van der Waals surface area contributed by atoms with Crippen LogP contribution in [0.25, 0.3) is 33.0 Å². The van der Waals surface area contributed by atoms with E-state index >= 15 is 0 Å². The highest BCUT2D eigenvalue weighted by atomic mass is 35.5. The molecule has 138 valence electrons. The molecule has 3 aromatic carbocycles. The molecule has 0 radical (unpaired) electrons. The average Bonchev–Trinajstić information content (AvgIpc) is 2.72. The standard InChI is InChI=1S/C25H21ClN2/c26-24-15-19-13-22(17-5-2-1-3-6-17)23(14-20(19)16-28-24)18-7-9-21(10-8-18)25(27)11-4-12-25/h1-3,5-10,13-16H,4,11-12,27H2. The lowest BCUT2D eigenvalue weighted by atomic mass is 9.72. The zero-order valence-electron chi connectivity index (χ0n) is 15.5. The van der Waals surface area contributed by atoms with Crippen LogP contribution in [0.2, 0.25) is 5.15 Å². The molecule has 0 aliphatic heterocycles. The quantitative estimate of drug-likeness (QED) is 0.406. The maximum atomic E-state index is 6.50. The Morgan fingerprint density at radius 1 is 0.786 bits per heavy atom. The Labute approximate surface area is 170 Å². The number of halogens is 1. The van der Waals surface area contributed by atoms with Crippen LogP contribution >= 0.6 is 11.6 Å². The molecule has 1 saturated carbocycles. The Morgan fingerprint density at radius 2 is 1.43 bits per heavy atom. The fourth-order valence-electron chi connectivity index (χ4n) is 4.09. The second-order valence-electron chi connectivity index (χ2n) is 7.71. The van der Waals surface area contributed by atoms with Gasteiger partial charge in [-0.15, -0.1) is 0 Å². The summed E-state index contributed by atoms with van der Waals surface area (Å²) in [5.74, 6) is 0. The fourth-order valence-corrected chi connectivity index (χ4v) is 4.26. The Hall–Kier alpha value is -2.68. The highest BCUT2D eigenvalue weighted by Crippen LogP contribution is 2.40. The van der Waals surface area contributed by atoms with Gasteiger partial charge in [0.05, 0.1) is 0 Å². The zero-order chi connectivity index (χ0) is 19.1. The number of pyridine rings is 1. The second-order valence-corrected chi connectivity index (χ2v) is 8.09. The Balaban J connectivity index is 1.68. The van der Waals surface area contributed by atoms with E-state index in [0.29, 0.717) is 5.15 Å². The molecule has 4 aromatic rings. The van der Waals surface area contributed by atoms with E-state index in [9.17, 15) is 0 Å². The highest BCUT2D eigenvalue weighted by molar-refractivity contribution is 6.30. The van der Waals surface area contributed by atoms with Gasteiger partial charge in [-0.25, -0.2) is 4.98 Å². The molecule has 5 rings (SSSR count). The zero-order valence-corrected chi connectivity index (χ0v) is 16.3. The molecule has 0 unspecified atom stereocenters. The summed E-state index contributed by atoms with van der Waals surface area (Å²) in [5, 5.41) is 2.68. The lowest BCUT2D eigenvalue weighted by Crippen LogP contribution is -2.43. The lowest BCUT2D eigenvalue weighted by molar-refractivity contribution is 0.253. The Morgan fingerprint density at radius 3 is 2.07 bits per heavy atom. The van der Waals surface area contributed by atoms with Crippen LogP contribution in [0.5, 0.6) is 0 Å². The molecular weight excluding hydrogens is 364 g/mol. The van der Waals surface area contributed by atoms with Crippen LogP contribution in [0.1, 0.15) is 24.8 Å². The molecule has 1 heterocycles. The van der Waals surface area contributed by atoms with E-state index in [1.807, 2.05) is 18.3 Å². The maximum Gasteiger partial charge on any atom is 0.129 e. The first kappa shape index (κ1) is 17.4. The molecule has 0 bridgehead atoms. The molecule has 1 fully saturated rings. The topological polar surface area (TPSA) is 38.9 Å². The van der Waals surface area contributed by atoms with Gasteiger partial charge in [-0.05, 0) is 70.7 Å². The Bertz CT molecular complexity index is 1150. The van der Waals surface area contributed by atoms with Gasteiger partial charge in [0.25, 0.3) is 0 Å². The van der Waals surface area contributed by atoms with Crippen molar-refractivity contribution in [1.29, 1.82) is 0 Å². The third-order valence-electron chi connectivity index (χ3n) is 5.93. The van der Waals surface area contributed by atoms with Gasteiger partial charge in [-0.3, -0.25) is 0 Å². The summed E-state index contributed by atoms with van der Waals surface area (Å²) in [5.41, 5.74) is 12.3. The first-order chi connectivity index (χ1) is 13.6. The number of hydrogen-bond acceptors (Lipinski definition) is 2. The van der Waals surface area contributed by atoms with E-state index < -0.39 is 0 Å². The Kier molecular flexibility index (Phi) is 4.19. The number of fused-ring (bicyclic) bond motifs is 1. The first-order valence-corrected chi connectivity index (χ1v) is 10.0. The molecule has 1 aromatic heterocycles. The molecule has 0 spiro atoms. The van der Waals surface area contributed by atoms with Crippen molar-refractivity contribution in [3.05, 3.63) is 89.7 Å². The van der Waals surface area contributed by atoms with Crippen LogP contribution < -0.4 is 5.73 Å². The van der Waals surface area contributed by atoms with Crippen molar-refractivity contribution in [2.24, 2.45) is 5.73 Å². The van der Waals surface area contributed by atoms with Crippen molar-refractivity contribution in [2.75, 3.05) is 0 Å². The molecule has 1 aliphatic rings. The summed E-state index contributed by atoms with van der Waals surface area (Å²) < 4.78 is 0. The summed E-state index contributed by atoms with van der Waals surface area (Å²) in [6.45, 7) is 0. The lowest BCUT2D eigenvalue weighted by Gasteiger charge is -2.38. The highest BCUT2D eigenvalue weighted by Gasteiger charge is 2.34. The fraction of sp³-hybridized carbons (Fsp3) is 0.160. The third kappa shape index (κ3) is 2.99.